The normalized spacial score (nSPS) is 10.6. The molecule has 3 N–H and O–H groups in total. The fraction of sp³-hybridized carbons (Fsp3) is 0. The zero-order chi connectivity index (χ0) is 31.7. The molecule has 0 spiro atoms. The summed E-state index contributed by atoms with van der Waals surface area (Å²) in [5.41, 5.74) is 5.85. The molecule has 0 saturated carbocycles. The molecule has 0 aliphatic heterocycles. The van der Waals surface area contributed by atoms with E-state index in [-0.39, 0.29) is 16.5 Å². The van der Waals surface area contributed by atoms with Gasteiger partial charge in [-0.1, -0.05) is 182 Å². The molecule has 0 fully saturated rings. The molecule has 0 heterocycles. The van der Waals surface area contributed by atoms with Gasteiger partial charge in [-0.05, 0) is 33.4 Å². The second-order valence-electron chi connectivity index (χ2n) is 10.6. The number of aliphatic hydroxyl groups excluding tert-OH is 3. The molecule has 6 aromatic rings. The molecule has 3 nitrogen and oxygen atoms in total. The van der Waals surface area contributed by atoms with Gasteiger partial charge >= 0.3 is 0 Å². The first kappa shape index (κ1) is 30.4. The minimum atomic E-state index is -2.30. The Balaban J connectivity index is 1.76. The van der Waals surface area contributed by atoms with Crippen LogP contribution in [0.2, 0.25) is 0 Å². The summed E-state index contributed by atoms with van der Waals surface area (Å²) in [5.74, 6) is 0. The fourth-order valence-corrected chi connectivity index (χ4v) is 7.59. The molecule has 0 radical (unpaired) electrons. The van der Waals surface area contributed by atoms with Crippen LogP contribution >= 0.6 is 7.92 Å². The molecule has 0 atom stereocenters. The van der Waals surface area contributed by atoms with Crippen LogP contribution in [-0.2, 0) is 0 Å². The average molecular weight is 617 g/mol. The van der Waals surface area contributed by atoms with Gasteiger partial charge in [0.05, 0.1) is 0 Å². The maximum atomic E-state index is 12.6. The smallest absolute Gasteiger partial charge is 0.138 e. The van der Waals surface area contributed by atoms with Crippen molar-refractivity contribution in [1.29, 1.82) is 0 Å². The Kier molecular flexibility index (Phi) is 9.54. The zero-order valence-corrected chi connectivity index (χ0v) is 26.0. The Bertz CT molecular complexity index is 1610. The number of benzene rings is 6. The lowest BCUT2D eigenvalue weighted by molar-refractivity contribution is 0.420. The number of hydrogen-bond acceptors (Lipinski definition) is 3. The van der Waals surface area contributed by atoms with Crippen molar-refractivity contribution in [3.63, 3.8) is 0 Å². The van der Waals surface area contributed by atoms with Crippen LogP contribution in [0, 0.1) is 0 Å². The molecule has 0 unspecified atom stereocenters. The van der Waals surface area contributed by atoms with E-state index < -0.39 is 7.92 Å². The van der Waals surface area contributed by atoms with Gasteiger partial charge in [0.25, 0.3) is 0 Å². The molecule has 46 heavy (non-hydrogen) atoms. The van der Waals surface area contributed by atoms with E-state index >= 15 is 0 Å². The maximum absolute atomic E-state index is 12.6. The topological polar surface area (TPSA) is 60.7 Å². The van der Waals surface area contributed by atoms with Crippen molar-refractivity contribution in [3.05, 3.63) is 232 Å². The Morgan fingerprint density at radius 1 is 0.261 bits per heavy atom. The quantitative estimate of drug-likeness (QED) is 0.112. The van der Waals surface area contributed by atoms with Gasteiger partial charge in [0.2, 0.25) is 0 Å². The first-order chi connectivity index (χ1) is 22.6. The van der Waals surface area contributed by atoms with Crippen LogP contribution in [0.25, 0.3) is 16.7 Å². The molecular formula is C42H33O3P. The maximum Gasteiger partial charge on any atom is 0.138 e. The van der Waals surface area contributed by atoms with Gasteiger partial charge in [0.15, 0.2) is 0 Å². The van der Waals surface area contributed by atoms with Gasteiger partial charge in [-0.15, -0.1) is 0 Å². The van der Waals surface area contributed by atoms with Crippen LogP contribution in [0.4, 0.5) is 0 Å². The molecule has 0 aliphatic rings. The monoisotopic (exact) mass is 616 g/mol. The van der Waals surface area contributed by atoms with Gasteiger partial charge in [-0.2, -0.15) is 0 Å². The highest BCUT2D eigenvalue weighted by Crippen LogP contribution is 2.62. The van der Waals surface area contributed by atoms with Crippen LogP contribution in [0.3, 0.4) is 0 Å². The number of hydrogen-bond donors (Lipinski definition) is 3. The summed E-state index contributed by atoms with van der Waals surface area (Å²) in [6.45, 7) is 0. The summed E-state index contributed by atoms with van der Waals surface area (Å²) in [7, 11) is -2.30. The molecule has 0 saturated heterocycles. The highest BCUT2D eigenvalue weighted by molar-refractivity contribution is 7.70. The molecule has 4 heteroatoms. The molecule has 0 aromatic heterocycles. The Hall–Kier alpha value is -5.63. The molecule has 0 aliphatic carbocycles. The SMILES string of the molecule is OC(=C(c1ccccc1)c1ccccc1)P(C(O)=C(c1ccccc1)c1ccccc1)C(O)=C(c1ccccc1)c1ccccc1. The Morgan fingerprint density at radius 3 is 0.565 bits per heavy atom. The molecule has 0 amide bonds. The third-order valence-electron chi connectivity index (χ3n) is 7.68. The molecule has 6 rings (SSSR count). The van der Waals surface area contributed by atoms with Crippen molar-refractivity contribution < 1.29 is 15.3 Å². The van der Waals surface area contributed by atoms with E-state index in [2.05, 4.69) is 0 Å². The van der Waals surface area contributed by atoms with E-state index in [1.807, 2.05) is 182 Å². The van der Waals surface area contributed by atoms with Crippen LogP contribution in [0.5, 0.6) is 0 Å². The van der Waals surface area contributed by atoms with Crippen LogP contribution in [-0.4, -0.2) is 15.3 Å². The third-order valence-corrected chi connectivity index (χ3v) is 9.62. The van der Waals surface area contributed by atoms with Gasteiger partial charge < -0.3 is 15.3 Å². The summed E-state index contributed by atoms with van der Waals surface area (Å²) in [4.78, 5) is 0. The van der Waals surface area contributed by atoms with Crippen molar-refractivity contribution in [1.82, 2.24) is 0 Å². The third kappa shape index (κ3) is 6.56. The van der Waals surface area contributed by atoms with Crippen molar-refractivity contribution in [2.24, 2.45) is 0 Å². The predicted octanol–water partition coefficient (Wildman–Crippen LogP) is 11.4. The predicted molar refractivity (Wildman–Crippen MR) is 192 cm³/mol. The van der Waals surface area contributed by atoms with Crippen molar-refractivity contribution in [3.8, 4) is 0 Å². The van der Waals surface area contributed by atoms with Gasteiger partial charge in [-0.25, -0.2) is 0 Å². The first-order valence-corrected chi connectivity index (χ1v) is 16.4. The second kappa shape index (κ2) is 14.4. The lowest BCUT2D eigenvalue weighted by Crippen LogP contribution is -2.03. The van der Waals surface area contributed by atoms with E-state index in [1.165, 1.54) is 0 Å². The summed E-state index contributed by atoms with van der Waals surface area (Å²) in [6.07, 6.45) is 0. The largest absolute Gasteiger partial charge is 0.506 e. The molecule has 224 valence electrons. The van der Waals surface area contributed by atoms with Gasteiger partial charge in [0.1, 0.15) is 24.4 Å². The van der Waals surface area contributed by atoms with E-state index in [0.717, 1.165) is 33.4 Å². The molecule has 0 bridgehead atoms. The van der Waals surface area contributed by atoms with Crippen LogP contribution < -0.4 is 0 Å². The average Bonchev–Trinajstić information content (AvgIpc) is 3.12. The highest BCUT2D eigenvalue weighted by atomic mass is 31.1. The van der Waals surface area contributed by atoms with E-state index in [1.54, 1.807) is 0 Å². The van der Waals surface area contributed by atoms with Gasteiger partial charge in [0, 0.05) is 16.7 Å². The van der Waals surface area contributed by atoms with Gasteiger partial charge in [-0.3, -0.25) is 0 Å². The number of aliphatic hydroxyl groups is 3. The Labute approximate surface area is 271 Å². The lowest BCUT2D eigenvalue weighted by Gasteiger charge is -2.25. The highest BCUT2D eigenvalue weighted by Gasteiger charge is 2.33. The van der Waals surface area contributed by atoms with Crippen LogP contribution in [0.1, 0.15) is 33.4 Å². The summed E-state index contributed by atoms with van der Waals surface area (Å²) in [5, 5.41) is 37.9. The lowest BCUT2D eigenvalue weighted by atomic mass is 9.99. The van der Waals surface area contributed by atoms with E-state index in [9.17, 15) is 15.3 Å². The van der Waals surface area contributed by atoms with E-state index in [4.69, 9.17) is 0 Å². The summed E-state index contributed by atoms with van der Waals surface area (Å²) in [6, 6.07) is 57.7. The minimum Gasteiger partial charge on any atom is -0.506 e. The zero-order valence-electron chi connectivity index (χ0n) is 25.1. The van der Waals surface area contributed by atoms with E-state index in [0.29, 0.717) is 16.7 Å². The summed E-state index contributed by atoms with van der Waals surface area (Å²) < 4.78 is 0. The van der Waals surface area contributed by atoms with Crippen LogP contribution in [0.15, 0.2) is 198 Å². The van der Waals surface area contributed by atoms with Crippen molar-refractivity contribution >= 4 is 24.6 Å². The Morgan fingerprint density at radius 2 is 0.413 bits per heavy atom. The number of rotatable bonds is 9. The molecular weight excluding hydrogens is 583 g/mol. The standard InChI is InChI=1S/C42H33O3P/c43-40(37(31-19-7-1-8-20-31)32-21-9-2-10-22-32)46(41(44)38(33-23-11-3-12-24-33)34-25-13-4-14-26-34)42(45)39(35-27-15-5-16-28-35)36-29-17-6-18-30-36/h1-30,43-45H. The molecule has 6 aromatic carbocycles. The van der Waals surface area contributed by atoms with Crippen molar-refractivity contribution in [2.45, 2.75) is 0 Å². The minimum absolute atomic E-state index is 0.115. The summed E-state index contributed by atoms with van der Waals surface area (Å²) >= 11 is 0. The first-order valence-electron chi connectivity index (χ1n) is 15.1. The second-order valence-corrected chi connectivity index (χ2v) is 12.6. The fourth-order valence-electron chi connectivity index (χ4n) is 5.54. The van der Waals surface area contributed by atoms with Crippen molar-refractivity contribution in [2.75, 3.05) is 0 Å².